The van der Waals surface area contributed by atoms with Gasteiger partial charge in [-0.05, 0) is 17.4 Å². The Morgan fingerprint density at radius 1 is 0.840 bits per heavy atom. The molecule has 0 spiro atoms. The van der Waals surface area contributed by atoms with Crippen molar-refractivity contribution in [2.24, 2.45) is 0 Å². The molecular weight excluding hydrogens is 336 g/mol. The summed E-state index contributed by atoms with van der Waals surface area (Å²) >= 11 is 1.25. The van der Waals surface area contributed by atoms with Gasteiger partial charge < -0.3 is 15.7 Å². The first-order chi connectivity index (χ1) is 12.0. The summed E-state index contributed by atoms with van der Waals surface area (Å²) in [4.78, 5) is 24.3. The number of hydrogen-bond acceptors (Lipinski definition) is 4. The Kier molecular flexibility index (Phi) is 4.83. The molecule has 2 amide bonds. The number of carbonyl (C=O) groups excluding carboxylic acids is 2. The van der Waals surface area contributed by atoms with E-state index in [-0.39, 0.29) is 6.42 Å². The smallest absolute Gasteiger partial charge is 0.275 e. The maximum absolute atomic E-state index is 12.8. The topological polar surface area (TPSA) is 78.4 Å². The molecule has 3 N–H and O–H groups in total. The van der Waals surface area contributed by atoms with Gasteiger partial charge in [0.25, 0.3) is 11.8 Å². The van der Waals surface area contributed by atoms with Crippen molar-refractivity contribution in [2.75, 3.05) is 6.26 Å². The molecule has 6 heteroatoms. The minimum absolute atomic E-state index is 0.0151. The average molecular weight is 356 g/mol. The number of carbonyl (C=O) groups is 2. The summed E-state index contributed by atoms with van der Waals surface area (Å²) in [6.45, 7) is 0. The number of piperazine rings is 1. The second kappa shape index (κ2) is 6.90. The lowest BCUT2D eigenvalue weighted by atomic mass is 9.95. The summed E-state index contributed by atoms with van der Waals surface area (Å²) in [5, 5.41) is 16.0. The molecule has 1 saturated heterocycles. The number of rotatable bonds is 5. The molecule has 25 heavy (non-hydrogen) atoms. The summed E-state index contributed by atoms with van der Waals surface area (Å²) in [7, 11) is 0. The largest absolute Gasteiger partial charge is 0.363 e. The first-order valence-corrected chi connectivity index (χ1v) is 9.20. The van der Waals surface area contributed by atoms with Crippen molar-refractivity contribution < 1.29 is 14.7 Å². The normalized spacial score (nSPS) is 26.0. The minimum Gasteiger partial charge on any atom is -0.363 e. The van der Waals surface area contributed by atoms with Gasteiger partial charge >= 0.3 is 0 Å². The molecule has 2 unspecified atom stereocenters. The summed E-state index contributed by atoms with van der Waals surface area (Å²) in [6.07, 6.45) is 2.12. The first kappa shape index (κ1) is 17.5. The fraction of sp³-hybridized carbons (Fsp3) is 0.263. The number of amides is 2. The van der Waals surface area contributed by atoms with Gasteiger partial charge in [0.2, 0.25) is 5.72 Å². The third kappa shape index (κ3) is 3.55. The van der Waals surface area contributed by atoms with E-state index >= 15 is 0 Å². The maximum atomic E-state index is 12.8. The number of hydrogen-bond donors (Lipinski definition) is 3. The van der Waals surface area contributed by atoms with E-state index in [0.717, 1.165) is 11.1 Å². The third-order valence-corrected chi connectivity index (χ3v) is 5.45. The van der Waals surface area contributed by atoms with Gasteiger partial charge in [-0.15, -0.1) is 11.8 Å². The molecule has 0 saturated carbocycles. The standard InChI is InChI=1S/C19H20N2O3S/c1-25-19(13-15-10-6-3-7-11-15)17(23)20-18(24,16(22)21-19)12-14-8-4-2-5-9-14/h2-11,24H,12-13H2,1H3,(H,20,23)(H,21,22). The summed E-state index contributed by atoms with van der Waals surface area (Å²) in [6, 6.07) is 18.6. The van der Waals surface area contributed by atoms with Gasteiger partial charge in [0.05, 0.1) is 0 Å². The van der Waals surface area contributed by atoms with E-state index in [9.17, 15) is 14.7 Å². The quantitative estimate of drug-likeness (QED) is 0.758. The highest BCUT2D eigenvalue weighted by Gasteiger charge is 2.52. The van der Waals surface area contributed by atoms with E-state index in [1.807, 2.05) is 48.5 Å². The molecule has 130 valence electrons. The molecule has 5 nitrogen and oxygen atoms in total. The zero-order valence-electron chi connectivity index (χ0n) is 13.9. The second-order valence-corrected chi connectivity index (χ2v) is 7.23. The Balaban J connectivity index is 1.83. The van der Waals surface area contributed by atoms with Gasteiger partial charge in [-0.25, -0.2) is 0 Å². The van der Waals surface area contributed by atoms with Crippen LogP contribution in [0.1, 0.15) is 11.1 Å². The summed E-state index contributed by atoms with van der Waals surface area (Å²) < 4.78 is 0. The number of nitrogens with one attached hydrogen (secondary N) is 2. The van der Waals surface area contributed by atoms with Crippen LogP contribution in [0.5, 0.6) is 0 Å². The highest BCUT2D eigenvalue weighted by atomic mass is 32.2. The molecule has 0 radical (unpaired) electrons. The zero-order valence-corrected chi connectivity index (χ0v) is 14.7. The fourth-order valence-corrected chi connectivity index (χ4v) is 3.67. The predicted octanol–water partition coefficient (Wildman–Crippen LogP) is 1.47. The number of thioether (sulfide) groups is 1. The van der Waals surface area contributed by atoms with Crippen LogP contribution in [-0.2, 0) is 22.4 Å². The SMILES string of the molecule is CSC1(Cc2ccccc2)NC(=O)C(O)(Cc2ccccc2)NC1=O. The second-order valence-electron chi connectivity index (χ2n) is 6.12. The van der Waals surface area contributed by atoms with Crippen LogP contribution in [0.4, 0.5) is 0 Å². The minimum atomic E-state index is -1.95. The van der Waals surface area contributed by atoms with Gasteiger partial charge in [-0.2, -0.15) is 0 Å². The van der Waals surface area contributed by atoms with E-state index in [0.29, 0.717) is 6.42 Å². The Bertz CT molecular complexity index is 769. The van der Waals surface area contributed by atoms with Crippen molar-refractivity contribution in [2.45, 2.75) is 23.4 Å². The molecular formula is C19H20N2O3S. The van der Waals surface area contributed by atoms with Gasteiger partial charge in [0.1, 0.15) is 0 Å². The van der Waals surface area contributed by atoms with E-state index in [4.69, 9.17) is 0 Å². The molecule has 1 aliphatic heterocycles. The molecule has 3 rings (SSSR count). The molecule has 0 aromatic heterocycles. The molecule has 1 aliphatic rings. The Morgan fingerprint density at radius 3 is 1.88 bits per heavy atom. The summed E-state index contributed by atoms with van der Waals surface area (Å²) in [5.74, 6) is -0.997. The molecule has 2 aromatic rings. The zero-order chi connectivity index (χ0) is 17.9. The predicted molar refractivity (Wildman–Crippen MR) is 97.8 cm³/mol. The Morgan fingerprint density at radius 2 is 1.36 bits per heavy atom. The number of benzene rings is 2. The van der Waals surface area contributed by atoms with Crippen LogP contribution in [-0.4, -0.2) is 33.8 Å². The Hall–Kier alpha value is -2.31. The monoisotopic (exact) mass is 356 g/mol. The van der Waals surface area contributed by atoms with Crippen molar-refractivity contribution in [1.29, 1.82) is 0 Å². The van der Waals surface area contributed by atoms with E-state index in [2.05, 4.69) is 10.6 Å². The lowest BCUT2D eigenvalue weighted by Crippen LogP contribution is -2.75. The van der Waals surface area contributed by atoms with Crippen LogP contribution >= 0.6 is 11.8 Å². The first-order valence-electron chi connectivity index (χ1n) is 7.98. The highest BCUT2D eigenvalue weighted by molar-refractivity contribution is 8.00. The molecule has 0 bridgehead atoms. The van der Waals surface area contributed by atoms with Crippen molar-refractivity contribution in [3.63, 3.8) is 0 Å². The molecule has 2 atom stereocenters. The van der Waals surface area contributed by atoms with Crippen LogP contribution in [0, 0.1) is 0 Å². The molecule has 2 aromatic carbocycles. The fourth-order valence-electron chi connectivity index (χ4n) is 2.93. The van der Waals surface area contributed by atoms with E-state index in [1.165, 1.54) is 11.8 Å². The van der Waals surface area contributed by atoms with E-state index < -0.39 is 22.4 Å². The Labute approximate surface area is 150 Å². The molecule has 1 fully saturated rings. The summed E-state index contributed by atoms with van der Waals surface area (Å²) in [5.41, 5.74) is -0.255. The van der Waals surface area contributed by atoms with Crippen LogP contribution in [0.25, 0.3) is 0 Å². The van der Waals surface area contributed by atoms with Gasteiger partial charge in [-0.1, -0.05) is 60.7 Å². The van der Waals surface area contributed by atoms with Crippen LogP contribution in [0.2, 0.25) is 0 Å². The van der Waals surface area contributed by atoms with Crippen LogP contribution < -0.4 is 10.6 Å². The lowest BCUT2D eigenvalue weighted by Gasteiger charge is -2.42. The molecule has 1 heterocycles. The van der Waals surface area contributed by atoms with Crippen molar-refractivity contribution in [3.05, 3.63) is 71.8 Å². The van der Waals surface area contributed by atoms with Crippen molar-refractivity contribution >= 4 is 23.6 Å². The van der Waals surface area contributed by atoms with Gasteiger partial charge in [0.15, 0.2) is 4.87 Å². The van der Waals surface area contributed by atoms with Crippen LogP contribution in [0.3, 0.4) is 0 Å². The third-order valence-electron chi connectivity index (χ3n) is 4.33. The molecule has 0 aliphatic carbocycles. The van der Waals surface area contributed by atoms with Gasteiger partial charge in [0, 0.05) is 12.8 Å². The van der Waals surface area contributed by atoms with Crippen molar-refractivity contribution in [1.82, 2.24) is 10.6 Å². The van der Waals surface area contributed by atoms with E-state index in [1.54, 1.807) is 18.4 Å². The maximum Gasteiger partial charge on any atom is 0.275 e. The highest BCUT2D eigenvalue weighted by Crippen LogP contribution is 2.30. The number of aliphatic hydroxyl groups is 1. The lowest BCUT2D eigenvalue weighted by molar-refractivity contribution is -0.158. The van der Waals surface area contributed by atoms with Crippen LogP contribution in [0.15, 0.2) is 60.7 Å². The van der Waals surface area contributed by atoms with Gasteiger partial charge in [-0.3, -0.25) is 9.59 Å². The average Bonchev–Trinajstić information content (AvgIpc) is 2.61. The van der Waals surface area contributed by atoms with Crippen molar-refractivity contribution in [3.8, 4) is 0 Å².